The summed E-state index contributed by atoms with van der Waals surface area (Å²) in [6.07, 6.45) is 0.445. The molecule has 2 aromatic rings. The van der Waals surface area contributed by atoms with E-state index in [2.05, 4.69) is 0 Å². The van der Waals surface area contributed by atoms with E-state index in [1.165, 1.54) is 24.3 Å². The number of fused-ring (bicyclic) bond motifs is 1. The largest absolute Gasteiger partial charge is 0.507 e. The van der Waals surface area contributed by atoms with Crippen LogP contribution >= 0.6 is 0 Å². The van der Waals surface area contributed by atoms with Crippen LogP contribution in [0.4, 0.5) is 0 Å². The van der Waals surface area contributed by atoms with Gasteiger partial charge in [-0.3, -0.25) is 4.79 Å². The van der Waals surface area contributed by atoms with Crippen molar-refractivity contribution in [3.63, 3.8) is 0 Å². The molecule has 0 saturated carbocycles. The minimum atomic E-state index is -1.30. The number of carboxylic acids is 1. The molecule has 86 valence electrons. The zero-order valence-electron chi connectivity index (χ0n) is 8.54. The van der Waals surface area contributed by atoms with E-state index in [9.17, 15) is 19.8 Å². The number of aromatic carboxylic acids is 1. The van der Waals surface area contributed by atoms with Crippen LogP contribution < -0.4 is 0 Å². The van der Waals surface area contributed by atoms with Crippen molar-refractivity contribution in [3.05, 3.63) is 35.4 Å². The Morgan fingerprint density at radius 3 is 2.18 bits per heavy atom. The van der Waals surface area contributed by atoms with E-state index in [1.807, 2.05) is 0 Å². The van der Waals surface area contributed by atoms with Crippen molar-refractivity contribution in [2.45, 2.75) is 0 Å². The van der Waals surface area contributed by atoms with E-state index in [0.29, 0.717) is 6.29 Å². The Hall–Kier alpha value is -2.56. The quantitative estimate of drug-likeness (QED) is 0.686. The first-order chi connectivity index (χ1) is 8.06. The number of rotatable bonds is 2. The summed E-state index contributed by atoms with van der Waals surface area (Å²) in [6.45, 7) is 0. The Morgan fingerprint density at radius 2 is 1.59 bits per heavy atom. The number of carbonyl (C=O) groups excluding carboxylic acids is 1. The molecule has 0 radical (unpaired) electrons. The summed E-state index contributed by atoms with van der Waals surface area (Å²) in [7, 11) is 0. The van der Waals surface area contributed by atoms with Crippen molar-refractivity contribution in [1.82, 2.24) is 0 Å². The van der Waals surface area contributed by atoms with Crippen LogP contribution in [0.15, 0.2) is 24.3 Å². The molecule has 3 N–H and O–H groups in total. The maximum Gasteiger partial charge on any atom is 0.340 e. The Morgan fingerprint density at radius 1 is 1.00 bits per heavy atom. The van der Waals surface area contributed by atoms with Gasteiger partial charge in [-0.05, 0) is 29.7 Å². The second-order valence-electron chi connectivity index (χ2n) is 3.48. The minimum Gasteiger partial charge on any atom is -0.507 e. The summed E-state index contributed by atoms with van der Waals surface area (Å²) in [4.78, 5) is 21.8. The highest BCUT2D eigenvalue weighted by atomic mass is 16.4. The molecule has 0 aromatic heterocycles. The van der Waals surface area contributed by atoms with Crippen LogP contribution in [0.1, 0.15) is 20.7 Å². The van der Waals surface area contributed by atoms with E-state index in [0.717, 1.165) is 0 Å². The molecular weight excluding hydrogens is 224 g/mol. The third-order valence-corrected chi connectivity index (χ3v) is 2.53. The van der Waals surface area contributed by atoms with Gasteiger partial charge in [-0.25, -0.2) is 4.79 Å². The second-order valence-corrected chi connectivity index (χ2v) is 3.48. The third kappa shape index (κ3) is 1.57. The van der Waals surface area contributed by atoms with Crippen molar-refractivity contribution in [2.24, 2.45) is 0 Å². The molecule has 17 heavy (non-hydrogen) atoms. The summed E-state index contributed by atoms with van der Waals surface area (Å²) in [6, 6.07) is 5.14. The van der Waals surface area contributed by atoms with Gasteiger partial charge >= 0.3 is 5.97 Å². The molecule has 2 rings (SSSR count). The number of carboxylic acid groups (broad SMARTS) is 1. The number of hydrogen-bond donors (Lipinski definition) is 3. The average molecular weight is 232 g/mol. The fourth-order valence-corrected chi connectivity index (χ4v) is 1.75. The number of hydrogen-bond acceptors (Lipinski definition) is 4. The normalized spacial score (nSPS) is 10.4. The Kier molecular flexibility index (Phi) is 2.44. The molecular formula is C12H8O5. The summed E-state index contributed by atoms with van der Waals surface area (Å²) >= 11 is 0. The van der Waals surface area contributed by atoms with Gasteiger partial charge in [0.1, 0.15) is 17.1 Å². The molecule has 0 aliphatic rings. The van der Waals surface area contributed by atoms with Crippen molar-refractivity contribution in [2.75, 3.05) is 0 Å². The molecule has 0 heterocycles. The SMILES string of the molecule is O=Cc1c(O)ccc2c(C(=O)O)c(O)ccc12. The molecule has 5 nitrogen and oxygen atoms in total. The molecule has 0 amide bonds. The Balaban J connectivity index is 2.98. The predicted octanol–water partition coefficient (Wildman–Crippen LogP) is 1.76. The highest BCUT2D eigenvalue weighted by Gasteiger charge is 2.16. The minimum absolute atomic E-state index is 0.00463. The smallest absolute Gasteiger partial charge is 0.340 e. The molecule has 5 heteroatoms. The van der Waals surface area contributed by atoms with Crippen LogP contribution in [0.5, 0.6) is 11.5 Å². The fraction of sp³-hybridized carbons (Fsp3) is 0. The van der Waals surface area contributed by atoms with Crippen molar-refractivity contribution >= 4 is 23.0 Å². The molecule has 0 aliphatic carbocycles. The van der Waals surface area contributed by atoms with E-state index in [1.54, 1.807) is 0 Å². The lowest BCUT2D eigenvalue weighted by atomic mass is 9.99. The van der Waals surface area contributed by atoms with Crippen molar-refractivity contribution in [3.8, 4) is 11.5 Å². The number of aldehydes is 1. The van der Waals surface area contributed by atoms with E-state index in [4.69, 9.17) is 5.11 Å². The van der Waals surface area contributed by atoms with Gasteiger partial charge in [0.25, 0.3) is 0 Å². The number of phenols is 2. The topological polar surface area (TPSA) is 94.8 Å². The Bertz CT molecular complexity index is 630. The maximum atomic E-state index is 11.0. The lowest BCUT2D eigenvalue weighted by molar-refractivity contribution is 0.0695. The lowest BCUT2D eigenvalue weighted by Gasteiger charge is -2.07. The lowest BCUT2D eigenvalue weighted by Crippen LogP contribution is -1.99. The van der Waals surface area contributed by atoms with Crippen LogP contribution in [0.3, 0.4) is 0 Å². The maximum absolute atomic E-state index is 11.0. The van der Waals surface area contributed by atoms with E-state index < -0.39 is 5.97 Å². The van der Waals surface area contributed by atoms with Gasteiger partial charge in [-0.15, -0.1) is 0 Å². The van der Waals surface area contributed by atoms with Gasteiger partial charge in [-0.2, -0.15) is 0 Å². The molecule has 0 bridgehead atoms. The van der Waals surface area contributed by atoms with Gasteiger partial charge < -0.3 is 15.3 Å². The molecule has 0 atom stereocenters. The van der Waals surface area contributed by atoms with Gasteiger partial charge in [0.15, 0.2) is 6.29 Å². The van der Waals surface area contributed by atoms with E-state index >= 15 is 0 Å². The van der Waals surface area contributed by atoms with Gasteiger partial charge in [0.2, 0.25) is 0 Å². The number of phenolic OH excluding ortho intramolecular Hbond substituents is 1. The first-order valence-corrected chi connectivity index (χ1v) is 4.72. The van der Waals surface area contributed by atoms with Gasteiger partial charge in [-0.1, -0.05) is 0 Å². The van der Waals surface area contributed by atoms with E-state index in [-0.39, 0.29) is 33.4 Å². The van der Waals surface area contributed by atoms with Gasteiger partial charge in [0.05, 0.1) is 5.56 Å². The third-order valence-electron chi connectivity index (χ3n) is 2.53. The monoisotopic (exact) mass is 232 g/mol. The van der Waals surface area contributed by atoms with Crippen LogP contribution in [0, 0.1) is 0 Å². The standard InChI is InChI=1S/C12H8O5/c13-5-8-6-1-4-10(15)11(12(16)17)7(6)2-3-9(8)14/h1-5,14-15H,(H,16,17). The summed E-state index contributed by atoms with van der Waals surface area (Å²) < 4.78 is 0. The average Bonchev–Trinajstić information content (AvgIpc) is 2.28. The number of carbonyl (C=O) groups is 2. The van der Waals surface area contributed by atoms with Crippen LogP contribution in [0.2, 0.25) is 0 Å². The summed E-state index contributed by atoms with van der Waals surface area (Å²) in [5.74, 6) is -1.90. The predicted molar refractivity (Wildman–Crippen MR) is 59.6 cm³/mol. The van der Waals surface area contributed by atoms with Crippen LogP contribution in [-0.4, -0.2) is 27.6 Å². The van der Waals surface area contributed by atoms with Gasteiger partial charge in [0, 0.05) is 5.39 Å². The highest BCUT2D eigenvalue weighted by Crippen LogP contribution is 2.32. The molecule has 0 fully saturated rings. The zero-order chi connectivity index (χ0) is 12.6. The summed E-state index contributed by atoms with van der Waals surface area (Å²) in [5.41, 5.74) is -0.282. The molecule has 0 spiro atoms. The van der Waals surface area contributed by atoms with Crippen molar-refractivity contribution < 1.29 is 24.9 Å². The van der Waals surface area contributed by atoms with Crippen molar-refractivity contribution in [1.29, 1.82) is 0 Å². The van der Waals surface area contributed by atoms with Crippen LogP contribution in [-0.2, 0) is 0 Å². The second kappa shape index (κ2) is 3.79. The Labute approximate surface area is 95.5 Å². The highest BCUT2D eigenvalue weighted by molar-refractivity contribution is 6.11. The molecule has 2 aromatic carbocycles. The fourth-order valence-electron chi connectivity index (χ4n) is 1.75. The molecule has 0 saturated heterocycles. The zero-order valence-corrected chi connectivity index (χ0v) is 8.54. The number of aromatic hydroxyl groups is 2. The molecule has 0 aliphatic heterocycles. The summed E-state index contributed by atoms with van der Waals surface area (Å²) in [5, 5.41) is 28.4. The first kappa shape index (κ1) is 10.9. The molecule has 0 unspecified atom stereocenters. The van der Waals surface area contributed by atoms with Crippen LogP contribution in [0.25, 0.3) is 10.8 Å². The first-order valence-electron chi connectivity index (χ1n) is 4.72. The number of benzene rings is 2.